The van der Waals surface area contributed by atoms with E-state index in [0.717, 1.165) is 18.4 Å². The molecule has 0 bridgehead atoms. The Morgan fingerprint density at radius 3 is 2.68 bits per heavy atom. The highest BCUT2D eigenvalue weighted by molar-refractivity contribution is 8.00. The molecule has 1 saturated carbocycles. The number of hydrogen-bond acceptors (Lipinski definition) is 6. The van der Waals surface area contributed by atoms with E-state index in [-0.39, 0.29) is 0 Å². The molecule has 1 aliphatic carbocycles. The predicted octanol–water partition coefficient (Wildman–Crippen LogP) is 1.04. The van der Waals surface area contributed by atoms with Gasteiger partial charge in [0.1, 0.15) is 5.25 Å². The van der Waals surface area contributed by atoms with Gasteiger partial charge in [0.25, 0.3) is 0 Å². The summed E-state index contributed by atoms with van der Waals surface area (Å²) in [6.07, 6.45) is 2.06. The van der Waals surface area contributed by atoms with Crippen LogP contribution in [0.1, 0.15) is 29.7 Å². The summed E-state index contributed by atoms with van der Waals surface area (Å²) >= 11 is 1.20. The number of tetrazole rings is 1. The van der Waals surface area contributed by atoms with Crippen molar-refractivity contribution in [3.63, 3.8) is 0 Å². The van der Waals surface area contributed by atoms with Gasteiger partial charge in [-0.1, -0.05) is 42.1 Å². The van der Waals surface area contributed by atoms with Gasteiger partial charge in [0.05, 0.1) is 6.04 Å². The molecule has 0 radical (unpaired) electrons. The van der Waals surface area contributed by atoms with E-state index in [0.29, 0.717) is 11.2 Å². The van der Waals surface area contributed by atoms with Gasteiger partial charge in [0, 0.05) is 0 Å². The number of thioether (sulfide) groups is 1. The smallest absolute Gasteiger partial charge is 0.318 e. The number of imide groups is 1. The number of hydrogen-bond donors (Lipinski definition) is 2. The maximum absolute atomic E-state index is 12.3. The van der Waals surface area contributed by atoms with Gasteiger partial charge in [0.15, 0.2) is 0 Å². The van der Waals surface area contributed by atoms with Gasteiger partial charge in [-0.2, -0.15) is 0 Å². The lowest BCUT2D eigenvalue weighted by Crippen LogP contribution is -2.37. The van der Waals surface area contributed by atoms with E-state index in [1.54, 1.807) is 4.68 Å². The zero-order valence-electron chi connectivity index (χ0n) is 11.5. The number of nitrogens with two attached hydrogens (primary N) is 1. The minimum atomic E-state index is -0.881. The normalized spacial score (nSPS) is 15.3. The van der Waals surface area contributed by atoms with Crippen LogP contribution < -0.4 is 11.1 Å². The standard InChI is InChI=1S/C13H14N6O2S/c14-12(21)15-11(20)10(8-4-2-1-3-5-8)22-13-16-17-18-19(13)9-6-7-9/h1-5,9-10H,6-7H2,(H3,14,15,20,21). The van der Waals surface area contributed by atoms with Crippen LogP contribution >= 0.6 is 11.8 Å². The summed E-state index contributed by atoms with van der Waals surface area (Å²) in [7, 11) is 0. The Morgan fingerprint density at radius 2 is 2.05 bits per heavy atom. The van der Waals surface area contributed by atoms with Crippen LogP contribution in [-0.2, 0) is 4.79 Å². The molecular weight excluding hydrogens is 304 g/mol. The van der Waals surface area contributed by atoms with Crippen LogP contribution in [0.25, 0.3) is 0 Å². The van der Waals surface area contributed by atoms with E-state index in [1.165, 1.54) is 11.8 Å². The van der Waals surface area contributed by atoms with Gasteiger partial charge in [-0.05, 0) is 28.8 Å². The Bertz CT molecular complexity index is 685. The molecule has 114 valence electrons. The Balaban J connectivity index is 1.86. The summed E-state index contributed by atoms with van der Waals surface area (Å²) in [5.74, 6) is -0.492. The number of rotatable bonds is 5. The number of benzene rings is 1. The van der Waals surface area contributed by atoms with Crippen LogP contribution in [0.15, 0.2) is 35.5 Å². The fraction of sp³-hybridized carbons (Fsp3) is 0.308. The Morgan fingerprint density at radius 1 is 1.32 bits per heavy atom. The molecule has 1 aromatic heterocycles. The molecule has 22 heavy (non-hydrogen) atoms. The molecule has 8 nitrogen and oxygen atoms in total. The summed E-state index contributed by atoms with van der Waals surface area (Å²) in [5.41, 5.74) is 5.79. The molecule has 1 unspecified atom stereocenters. The molecule has 1 aromatic carbocycles. The third kappa shape index (κ3) is 3.25. The van der Waals surface area contributed by atoms with E-state index in [1.807, 2.05) is 30.3 Å². The first-order chi connectivity index (χ1) is 10.6. The highest BCUT2D eigenvalue weighted by Gasteiger charge is 2.31. The number of carbonyl (C=O) groups excluding carboxylic acids is 2. The number of aromatic nitrogens is 4. The molecule has 0 aliphatic heterocycles. The van der Waals surface area contributed by atoms with Gasteiger partial charge in [-0.25, -0.2) is 9.48 Å². The van der Waals surface area contributed by atoms with E-state index < -0.39 is 17.2 Å². The van der Waals surface area contributed by atoms with Crippen LogP contribution in [0, 0.1) is 0 Å². The van der Waals surface area contributed by atoms with Crippen LogP contribution in [0.4, 0.5) is 4.79 Å². The topological polar surface area (TPSA) is 116 Å². The highest BCUT2D eigenvalue weighted by atomic mass is 32.2. The Hall–Kier alpha value is -2.42. The molecule has 1 aliphatic rings. The first-order valence-corrected chi connectivity index (χ1v) is 7.63. The largest absolute Gasteiger partial charge is 0.351 e. The SMILES string of the molecule is NC(=O)NC(=O)C(Sc1nnnn1C1CC1)c1ccccc1. The summed E-state index contributed by atoms with van der Waals surface area (Å²) in [4.78, 5) is 23.2. The van der Waals surface area contributed by atoms with Crippen molar-refractivity contribution in [1.29, 1.82) is 0 Å². The lowest BCUT2D eigenvalue weighted by molar-refractivity contribution is -0.119. The third-order valence-corrected chi connectivity index (χ3v) is 4.37. The zero-order chi connectivity index (χ0) is 15.5. The summed E-state index contributed by atoms with van der Waals surface area (Å²) in [5, 5.41) is 13.6. The maximum atomic E-state index is 12.3. The first-order valence-electron chi connectivity index (χ1n) is 6.75. The van der Waals surface area contributed by atoms with Crippen molar-refractivity contribution in [3.05, 3.63) is 35.9 Å². The maximum Gasteiger partial charge on any atom is 0.318 e. The van der Waals surface area contributed by atoms with Crippen LogP contribution in [0.5, 0.6) is 0 Å². The monoisotopic (exact) mass is 318 g/mol. The Labute approximate surface area is 130 Å². The number of amides is 3. The average Bonchev–Trinajstić information content (AvgIpc) is 3.24. The van der Waals surface area contributed by atoms with E-state index >= 15 is 0 Å². The molecule has 0 spiro atoms. The highest BCUT2D eigenvalue weighted by Crippen LogP contribution is 2.40. The number of primary amides is 1. The molecule has 2 aromatic rings. The van der Waals surface area contributed by atoms with Gasteiger partial charge >= 0.3 is 6.03 Å². The number of urea groups is 1. The summed E-state index contributed by atoms with van der Waals surface area (Å²) in [6, 6.07) is 8.54. The first kappa shape index (κ1) is 14.5. The molecule has 3 rings (SSSR count). The van der Waals surface area contributed by atoms with Gasteiger partial charge in [-0.3, -0.25) is 10.1 Å². The number of nitrogens with zero attached hydrogens (tertiary/aromatic N) is 4. The molecule has 1 heterocycles. The van der Waals surface area contributed by atoms with Crippen LogP contribution in [0.3, 0.4) is 0 Å². The summed E-state index contributed by atoms with van der Waals surface area (Å²) < 4.78 is 1.72. The van der Waals surface area contributed by atoms with Gasteiger partial charge < -0.3 is 5.73 Å². The van der Waals surface area contributed by atoms with Crippen molar-refractivity contribution in [1.82, 2.24) is 25.5 Å². The number of carbonyl (C=O) groups is 2. The van der Waals surface area contributed by atoms with E-state index in [2.05, 4.69) is 20.8 Å². The second-order valence-corrected chi connectivity index (χ2v) is 5.97. The predicted molar refractivity (Wildman–Crippen MR) is 78.9 cm³/mol. The van der Waals surface area contributed by atoms with Crippen molar-refractivity contribution in [2.75, 3.05) is 0 Å². The zero-order valence-corrected chi connectivity index (χ0v) is 12.4. The molecule has 1 fully saturated rings. The van der Waals surface area contributed by atoms with E-state index in [4.69, 9.17) is 5.73 Å². The van der Waals surface area contributed by atoms with Crippen molar-refractivity contribution < 1.29 is 9.59 Å². The third-order valence-electron chi connectivity index (χ3n) is 3.17. The molecule has 1 atom stereocenters. The fourth-order valence-corrected chi connectivity index (χ4v) is 3.05. The van der Waals surface area contributed by atoms with E-state index in [9.17, 15) is 9.59 Å². The molecule has 0 saturated heterocycles. The van der Waals surface area contributed by atoms with Crippen molar-refractivity contribution in [2.24, 2.45) is 5.73 Å². The summed E-state index contributed by atoms with van der Waals surface area (Å²) in [6.45, 7) is 0. The van der Waals surface area contributed by atoms with Crippen LogP contribution in [0.2, 0.25) is 0 Å². The minimum absolute atomic E-state index is 0.299. The van der Waals surface area contributed by atoms with Gasteiger partial charge in [0.2, 0.25) is 11.1 Å². The quantitative estimate of drug-likeness (QED) is 0.796. The average molecular weight is 318 g/mol. The van der Waals surface area contributed by atoms with Gasteiger partial charge in [-0.15, -0.1) is 5.10 Å². The second-order valence-electron chi connectivity index (χ2n) is 4.90. The minimum Gasteiger partial charge on any atom is -0.351 e. The second kappa shape index (κ2) is 6.14. The van der Waals surface area contributed by atoms with Crippen molar-refractivity contribution >= 4 is 23.7 Å². The molecule has 9 heteroatoms. The molecular formula is C13H14N6O2S. The fourth-order valence-electron chi connectivity index (χ4n) is 2.00. The van der Waals surface area contributed by atoms with Crippen molar-refractivity contribution in [2.45, 2.75) is 29.3 Å². The molecule has 3 N–H and O–H groups in total. The molecule has 3 amide bonds. The lowest BCUT2D eigenvalue weighted by Gasteiger charge is -2.15. The number of nitrogens with one attached hydrogen (secondary N) is 1. The lowest BCUT2D eigenvalue weighted by atomic mass is 10.1. The Kier molecular flexibility index (Phi) is 4.05. The van der Waals surface area contributed by atoms with Crippen LogP contribution in [-0.4, -0.2) is 32.1 Å². The van der Waals surface area contributed by atoms with Crippen molar-refractivity contribution in [3.8, 4) is 0 Å².